The smallest absolute Gasteiger partial charge is 0.249 e. The highest BCUT2D eigenvalue weighted by molar-refractivity contribution is 7.99. The average Bonchev–Trinajstić information content (AvgIpc) is 3.48. The Labute approximate surface area is 183 Å². The zero-order valence-electron chi connectivity index (χ0n) is 16.9. The third-order valence-electron chi connectivity index (χ3n) is 6.33. The van der Waals surface area contributed by atoms with Gasteiger partial charge in [0.25, 0.3) is 0 Å². The summed E-state index contributed by atoms with van der Waals surface area (Å²) in [6.45, 7) is 5.62. The summed E-state index contributed by atoms with van der Waals surface area (Å²) < 4.78 is 7.51. The Kier molecular flexibility index (Phi) is 4.75. The Morgan fingerprint density at radius 1 is 1.33 bits per heavy atom. The fourth-order valence-corrected chi connectivity index (χ4v) is 7.03. The normalized spacial score (nSPS) is 25.0. The molecule has 1 amide bonds. The molecule has 2 aromatic heterocycles. The van der Waals surface area contributed by atoms with Gasteiger partial charge in [0.15, 0.2) is 5.16 Å². The second-order valence-corrected chi connectivity index (χ2v) is 10.3. The fraction of sp³-hybridized carbons (Fsp3) is 0.632. The van der Waals surface area contributed by atoms with Gasteiger partial charge in [0.1, 0.15) is 11.2 Å². The number of amides is 1. The van der Waals surface area contributed by atoms with Crippen molar-refractivity contribution in [2.45, 2.75) is 37.5 Å². The van der Waals surface area contributed by atoms with Gasteiger partial charge in [-0.1, -0.05) is 18.7 Å². The first-order chi connectivity index (χ1) is 14.7. The zero-order chi connectivity index (χ0) is 20.2. The van der Waals surface area contributed by atoms with Crippen LogP contribution in [0.2, 0.25) is 0 Å². The minimum atomic E-state index is 0.0924. The van der Waals surface area contributed by atoms with Crippen molar-refractivity contribution >= 4 is 35.0 Å². The van der Waals surface area contributed by atoms with Crippen LogP contribution in [0.25, 0.3) is 5.00 Å². The molecule has 2 atom stereocenters. The summed E-state index contributed by atoms with van der Waals surface area (Å²) >= 11 is 3.35. The van der Waals surface area contributed by atoms with Crippen LogP contribution in [0.15, 0.2) is 5.16 Å². The van der Waals surface area contributed by atoms with Crippen molar-refractivity contribution in [3.05, 3.63) is 16.0 Å². The van der Waals surface area contributed by atoms with Crippen LogP contribution < -0.4 is 15.8 Å². The molecule has 3 aliphatic heterocycles. The first kappa shape index (κ1) is 19.1. The number of fused-ring (bicyclic) bond motifs is 8. The molecule has 4 aliphatic rings. The predicted octanol–water partition coefficient (Wildman–Crippen LogP) is 1.29. The second-order valence-electron chi connectivity index (χ2n) is 8.28. The van der Waals surface area contributed by atoms with E-state index in [0.29, 0.717) is 44.6 Å². The molecule has 0 saturated carbocycles. The van der Waals surface area contributed by atoms with Gasteiger partial charge in [-0.2, -0.15) is 0 Å². The molecule has 11 heteroatoms. The van der Waals surface area contributed by atoms with E-state index < -0.39 is 0 Å². The molecular weight excluding hydrogens is 422 g/mol. The number of hydrogen-bond donors (Lipinski definition) is 2. The van der Waals surface area contributed by atoms with Gasteiger partial charge >= 0.3 is 0 Å². The third kappa shape index (κ3) is 2.98. The molecule has 6 rings (SSSR count). The van der Waals surface area contributed by atoms with Crippen molar-refractivity contribution in [1.29, 1.82) is 0 Å². The number of morpholine rings is 1. The zero-order valence-corrected chi connectivity index (χ0v) is 18.5. The predicted molar refractivity (Wildman–Crippen MR) is 115 cm³/mol. The van der Waals surface area contributed by atoms with Crippen LogP contribution in [0.1, 0.15) is 35.5 Å². The summed E-state index contributed by atoms with van der Waals surface area (Å²) in [6.07, 6.45) is 3.61. The molecule has 2 N–H and O–H groups in total. The Bertz CT molecular complexity index is 984. The van der Waals surface area contributed by atoms with Crippen LogP contribution in [0.4, 0.5) is 5.95 Å². The highest BCUT2D eigenvalue weighted by Gasteiger charge is 2.42. The van der Waals surface area contributed by atoms with Crippen LogP contribution in [0.3, 0.4) is 0 Å². The van der Waals surface area contributed by atoms with E-state index in [1.807, 2.05) is 16.2 Å². The fourth-order valence-electron chi connectivity index (χ4n) is 4.76. The number of nitrogens with one attached hydrogen (secondary N) is 2. The highest BCUT2D eigenvalue weighted by Crippen LogP contribution is 2.48. The Morgan fingerprint density at radius 3 is 3.07 bits per heavy atom. The molecular formula is C19H25N7O2S2. The average molecular weight is 448 g/mol. The molecule has 9 nitrogen and oxygen atoms in total. The molecule has 1 aliphatic carbocycles. The van der Waals surface area contributed by atoms with Crippen molar-refractivity contribution in [2.75, 3.05) is 43.7 Å². The van der Waals surface area contributed by atoms with Gasteiger partial charge in [0.05, 0.1) is 25.6 Å². The number of rotatable bonds is 3. The third-order valence-corrected chi connectivity index (χ3v) is 8.54. The quantitative estimate of drug-likeness (QED) is 0.681. The molecule has 1 unspecified atom stereocenters. The molecule has 2 aromatic rings. The molecule has 30 heavy (non-hydrogen) atoms. The maximum absolute atomic E-state index is 12.6. The first-order valence-electron chi connectivity index (χ1n) is 10.6. The van der Waals surface area contributed by atoms with Crippen LogP contribution >= 0.6 is 23.1 Å². The van der Waals surface area contributed by atoms with E-state index in [-0.39, 0.29) is 12.1 Å². The van der Waals surface area contributed by atoms with E-state index in [2.05, 4.69) is 37.4 Å². The lowest BCUT2D eigenvalue weighted by molar-refractivity contribution is -0.132. The van der Waals surface area contributed by atoms with E-state index in [4.69, 9.17) is 4.74 Å². The largest absolute Gasteiger partial charge is 0.378 e. The highest BCUT2D eigenvalue weighted by atomic mass is 32.2. The topological polar surface area (TPSA) is 87.6 Å². The van der Waals surface area contributed by atoms with Crippen LogP contribution in [0, 0.1) is 5.92 Å². The van der Waals surface area contributed by atoms with Crippen molar-refractivity contribution < 1.29 is 9.53 Å². The van der Waals surface area contributed by atoms with E-state index in [1.54, 1.807) is 0 Å². The maximum atomic E-state index is 12.6. The van der Waals surface area contributed by atoms with Gasteiger partial charge in [-0.3, -0.25) is 15.1 Å². The number of carbonyl (C=O) groups is 1. The standard InChI is InChI=1S/C19H25N7O2S2/c1-11-2-3-13-12(8-11)15-16-20-10-21-26(16)18-22-23-19(25(18)17(15)30-13)29-9-14(27)24-4-6-28-7-5-24/h11,16,20-21H,2-10H2,1H3/t11-,16?/m0/s1. The van der Waals surface area contributed by atoms with E-state index in [0.717, 1.165) is 23.9 Å². The number of hydrogen-bond acceptors (Lipinski definition) is 9. The lowest BCUT2D eigenvalue weighted by Crippen LogP contribution is -2.41. The molecule has 0 bridgehead atoms. The van der Waals surface area contributed by atoms with Gasteiger partial charge in [0, 0.05) is 23.5 Å². The van der Waals surface area contributed by atoms with Crippen LogP contribution in [-0.2, 0) is 22.4 Å². The summed E-state index contributed by atoms with van der Waals surface area (Å²) in [4.78, 5) is 16.0. The lowest BCUT2D eigenvalue weighted by atomic mass is 9.87. The maximum Gasteiger partial charge on any atom is 0.249 e. The Hall–Kier alpha value is -1.66. The van der Waals surface area contributed by atoms with Crippen LogP contribution in [-0.4, -0.2) is 64.3 Å². The van der Waals surface area contributed by atoms with Crippen molar-refractivity contribution in [3.8, 4) is 5.00 Å². The summed E-state index contributed by atoms with van der Waals surface area (Å²) in [5.41, 5.74) is 6.26. The van der Waals surface area contributed by atoms with Gasteiger partial charge in [-0.15, -0.1) is 21.5 Å². The second kappa shape index (κ2) is 7.49. The molecule has 0 aromatic carbocycles. The summed E-state index contributed by atoms with van der Waals surface area (Å²) in [5, 5.41) is 16.6. The number of aryl methyl sites for hydroxylation is 1. The molecule has 2 saturated heterocycles. The van der Waals surface area contributed by atoms with E-state index in [1.165, 1.54) is 39.2 Å². The first-order valence-corrected chi connectivity index (χ1v) is 12.4. The van der Waals surface area contributed by atoms with Gasteiger partial charge in [-0.25, -0.2) is 9.99 Å². The van der Waals surface area contributed by atoms with Gasteiger partial charge in [-0.05, 0) is 30.7 Å². The molecule has 2 fully saturated rings. The molecule has 0 spiro atoms. The molecule has 160 valence electrons. The number of anilines is 1. The Balaban J connectivity index is 1.34. The van der Waals surface area contributed by atoms with Crippen LogP contribution in [0.5, 0.6) is 0 Å². The van der Waals surface area contributed by atoms with E-state index >= 15 is 0 Å². The molecule has 0 radical (unpaired) electrons. The minimum absolute atomic E-state index is 0.0924. The summed E-state index contributed by atoms with van der Waals surface area (Å²) in [5.74, 6) is 2.01. The Morgan fingerprint density at radius 2 is 2.20 bits per heavy atom. The van der Waals surface area contributed by atoms with Gasteiger partial charge in [0.2, 0.25) is 11.9 Å². The molecule has 5 heterocycles. The summed E-state index contributed by atoms with van der Waals surface area (Å²) in [7, 11) is 0. The summed E-state index contributed by atoms with van der Waals surface area (Å²) in [6, 6.07) is 0. The number of ether oxygens (including phenoxy) is 1. The van der Waals surface area contributed by atoms with Gasteiger partial charge < -0.3 is 9.64 Å². The van der Waals surface area contributed by atoms with Crippen molar-refractivity contribution in [1.82, 2.24) is 30.4 Å². The number of thiophene rings is 1. The number of thioether (sulfide) groups is 1. The minimum Gasteiger partial charge on any atom is -0.378 e. The van der Waals surface area contributed by atoms with Crippen molar-refractivity contribution in [2.24, 2.45) is 5.92 Å². The lowest BCUT2D eigenvalue weighted by Gasteiger charge is -2.31. The number of carbonyl (C=O) groups excluding carboxylic acids is 1. The SMILES string of the molecule is C[C@H]1CCc2sc3c(c2C1)C1NCNN1c1nnc(SCC(=O)N2CCOCC2)n1-3. The monoisotopic (exact) mass is 447 g/mol. The number of nitrogens with zero attached hydrogens (tertiary/aromatic N) is 5. The van der Waals surface area contributed by atoms with Crippen molar-refractivity contribution in [3.63, 3.8) is 0 Å². The number of hydrazine groups is 1. The number of aromatic nitrogens is 3. The van der Waals surface area contributed by atoms with E-state index in [9.17, 15) is 4.79 Å².